The molecule has 1 atom stereocenters. The minimum atomic E-state index is -0.757. The van der Waals surface area contributed by atoms with E-state index in [1.54, 1.807) is 19.1 Å². The third-order valence-corrected chi connectivity index (χ3v) is 2.17. The van der Waals surface area contributed by atoms with Crippen molar-refractivity contribution in [3.63, 3.8) is 0 Å². The number of amides is 2. The molecule has 2 amide bonds. The molecule has 3 N–H and O–H groups in total. The molecule has 0 aliphatic rings. The van der Waals surface area contributed by atoms with Crippen molar-refractivity contribution in [3.05, 3.63) is 29.8 Å². The number of aryl methyl sites for hydroxylation is 1. The number of carbonyl (C=O) groups excluding carboxylic acids is 2. The van der Waals surface area contributed by atoms with Gasteiger partial charge >= 0.3 is 11.8 Å². The maximum Gasteiger partial charge on any atom is 0.313 e. The second-order valence-electron chi connectivity index (χ2n) is 3.88. The van der Waals surface area contributed by atoms with Gasteiger partial charge in [-0.25, -0.2) is 0 Å². The smallest absolute Gasteiger partial charge is 0.313 e. The zero-order valence-corrected chi connectivity index (χ0v) is 9.86. The fraction of sp³-hybridized carbons (Fsp3) is 0.333. The number of carbonyl (C=O) groups is 2. The summed E-state index contributed by atoms with van der Waals surface area (Å²) in [4.78, 5) is 22.8. The van der Waals surface area contributed by atoms with Crippen LogP contribution in [0.4, 0.5) is 5.69 Å². The predicted octanol–water partition coefficient (Wildman–Crippen LogP) is 0.431. The second-order valence-corrected chi connectivity index (χ2v) is 3.88. The molecule has 5 heteroatoms. The zero-order valence-electron chi connectivity index (χ0n) is 9.86. The van der Waals surface area contributed by atoms with E-state index in [9.17, 15) is 9.59 Å². The molecule has 0 heterocycles. The van der Waals surface area contributed by atoms with Crippen LogP contribution in [-0.2, 0) is 9.59 Å². The Balaban J connectivity index is 2.54. The Hall–Kier alpha value is -1.88. The number of rotatable bonds is 3. The van der Waals surface area contributed by atoms with Gasteiger partial charge in [-0.05, 0) is 26.0 Å². The van der Waals surface area contributed by atoms with Crippen LogP contribution in [-0.4, -0.2) is 29.6 Å². The highest BCUT2D eigenvalue weighted by Gasteiger charge is 2.15. The van der Waals surface area contributed by atoms with E-state index >= 15 is 0 Å². The van der Waals surface area contributed by atoms with Crippen LogP contribution < -0.4 is 10.6 Å². The van der Waals surface area contributed by atoms with Crippen molar-refractivity contribution >= 4 is 17.5 Å². The maximum atomic E-state index is 11.4. The summed E-state index contributed by atoms with van der Waals surface area (Å²) in [6.07, 6.45) is 0. The average molecular weight is 236 g/mol. The summed E-state index contributed by atoms with van der Waals surface area (Å²) in [5, 5.41) is 13.6. The van der Waals surface area contributed by atoms with E-state index in [1.807, 2.05) is 19.1 Å². The molecule has 0 aromatic heterocycles. The molecular weight excluding hydrogens is 220 g/mol. The van der Waals surface area contributed by atoms with Crippen molar-refractivity contribution in [3.8, 4) is 0 Å². The van der Waals surface area contributed by atoms with Crippen LogP contribution >= 0.6 is 0 Å². The van der Waals surface area contributed by atoms with Crippen molar-refractivity contribution in [1.82, 2.24) is 5.32 Å². The monoisotopic (exact) mass is 236 g/mol. The summed E-state index contributed by atoms with van der Waals surface area (Å²) in [6, 6.07) is 6.67. The molecular formula is C12H16N2O3. The van der Waals surface area contributed by atoms with Gasteiger partial charge in [0.1, 0.15) is 0 Å². The Labute approximate surface area is 99.8 Å². The molecule has 1 rings (SSSR count). The molecule has 1 aromatic rings. The SMILES string of the molecule is Cc1ccc(NC(=O)C(=O)N[C@H](C)CO)cc1. The summed E-state index contributed by atoms with van der Waals surface area (Å²) in [5.74, 6) is -1.50. The van der Waals surface area contributed by atoms with Gasteiger partial charge < -0.3 is 15.7 Å². The van der Waals surface area contributed by atoms with Crippen LogP contribution in [0.5, 0.6) is 0 Å². The third-order valence-electron chi connectivity index (χ3n) is 2.17. The number of hydrogen-bond donors (Lipinski definition) is 3. The number of aliphatic hydroxyl groups is 1. The van der Waals surface area contributed by atoms with Crippen LogP contribution in [0.2, 0.25) is 0 Å². The normalized spacial score (nSPS) is 11.7. The van der Waals surface area contributed by atoms with Crippen molar-refractivity contribution in [1.29, 1.82) is 0 Å². The number of aliphatic hydroxyl groups excluding tert-OH is 1. The highest BCUT2D eigenvalue weighted by molar-refractivity contribution is 6.39. The van der Waals surface area contributed by atoms with Gasteiger partial charge in [-0.2, -0.15) is 0 Å². The van der Waals surface area contributed by atoms with Crippen LogP contribution in [0.3, 0.4) is 0 Å². The minimum absolute atomic E-state index is 0.205. The number of hydrogen-bond acceptors (Lipinski definition) is 3. The third kappa shape index (κ3) is 4.24. The summed E-state index contributed by atoms with van der Waals surface area (Å²) < 4.78 is 0. The first-order valence-electron chi connectivity index (χ1n) is 5.32. The largest absolute Gasteiger partial charge is 0.394 e. The molecule has 0 bridgehead atoms. The van der Waals surface area contributed by atoms with Crippen LogP contribution in [0.15, 0.2) is 24.3 Å². The molecule has 92 valence electrons. The van der Waals surface area contributed by atoms with E-state index in [2.05, 4.69) is 10.6 Å². The fourth-order valence-corrected chi connectivity index (χ4v) is 1.16. The average Bonchev–Trinajstić information content (AvgIpc) is 2.31. The first-order chi connectivity index (χ1) is 8.02. The Kier molecular flexibility index (Phi) is 4.66. The first kappa shape index (κ1) is 13.2. The fourth-order valence-electron chi connectivity index (χ4n) is 1.16. The number of nitrogens with one attached hydrogen (secondary N) is 2. The van der Waals surface area contributed by atoms with Crippen molar-refractivity contribution in [2.75, 3.05) is 11.9 Å². The molecule has 5 nitrogen and oxygen atoms in total. The van der Waals surface area contributed by atoms with Gasteiger partial charge in [0.05, 0.1) is 6.61 Å². The van der Waals surface area contributed by atoms with E-state index < -0.39 is 17.9 Å². The lowest BCUT2D eigenvalue weighted by Gasteiger charge is -2.10. The molecule has 17 heavy (non-hydrogen) atoms. The van der Waals surface area contributed by atoms with Gasteiger partial charge in [-0.1, -0.05) is 17.7 Å². The van der Waals surface area contributed by atoms with Gasteiger partial charge in [0.25, 0.3) is 0 Å². The Morgan fingerprint density at radius 2 is 1.82 bits per heavy atom. The molecule has 0 saturated carbocycles. The number of benzene rings is 1. The van der Waals surface area contributed by atoms with Crippen molar-refractivity contribution < 1.29 is 14.7 Å². The minimum Gasteiger partial charge on any atom is -0.394 e. The van der Waals surface area contributed by atoms with Gasteiger partial charge in [-0.3, -0.25) is 9.59 Å². The standard InChI is InChI=1S/C12H16N2O3/c1-8-3-5-10(6-4-8)14-12(17)11(16)13-9(2)7-15/h3-6,9,15H,7H2,1-2H3,(H,13,16)(H,14,17)/t9-/m1/s1. The van der Waals surface area contributed by atoms with Crippen LogP contribution in [0.1, 0.15) is 12.5 Å². The lowest BCUT2D eigenvalue weighted by Crippen LogP contribution is -2.42. The molecule has 1 aromatic carbocycles. The Bertz CT molecular complexity index is 401. The lowest BCUT2D eigenvalue weighted by molar-refractivity contribution is -0.136. The van der Waals surface area contributed by atoms with E-state index in [0.717, 1.165) is 5.56 Å². The van der Waals surface area contributed by atoms with Crippen LogP contribution in [0, 0.1) is 6.92 Å². The zero-order chi connectivity index (χ0) is 12.8. The molecule has 0 radical (unpaired) electrons. The predicted molar refractivity (Wildman–Crippen MR) is 64.5 cm³/mol. The molecule has 0 aliphatic heterocycles. The molecule has 0 aliphatic carbocycles. The Morgan fingerprint density at radius 3 is 2.35 bits per heavy atom. The quantitative estimate of drug-likeness (QED) is 0.666. The van der Waals surface area contributed by atoms with Gasteiger partial charge in [0.2, 0.25) is 0 Å². The first-order valence-corrected chi connectivity index (χ1v) is 5.32. The molecule has 0 spiro atoms. The highest BCUT2D eigenvalue weighted by atomic mass is 16.3. The summed E-state index contributed by atoms with van der Waals surface area (Å²) in [5.41, 5.74) is 1.63. The summed E-state index contributed by atoms with van der Waals surface area (Å²) in [7, 11) is 0. The maximum absolute atomic E-state index is 11.4. The number of anilines is 1. The van der Waals surface area contributed by atoms with Gasteiger partial charge in [-0.15, -0.1) is 0 Å². The molecule has 0 fully saturated rings. The lowest BCUT2D eigenvalue weighted by atomic mass is 10.2. The van der Waals surface area contributed by atoms with E-state index in [0.29, 0.717) is 5.69 Å². The van der Waals surface area contributed by atoms with Gasteiger partial charge in [0, 0.05) is 11.7 Å². The van der Waals surface area contributed by atoms with Gasteiger partial charge in [0.15, 0.2) is 0 Å². The van der Waals surface area contributed by atoms with E-state index in [4.69, 9.17) is 5.11 Å². The van der Waals surface area contributed by atoms with Crippen molar-refractivity contribution in [2.24, 2.45) is 0 Å². The summed E-state index contributed by atoms with van der Waals surface area (Å²) >= 11 is 0. The van der Waals surface area contributed by atoms with Crippen LogP contribution in [0.25, 0.3) is 0 Å². The highest BCUT2D eigenvalue weighted by Crippen LogP contribution is 2.08. The molecule has 0 unspecified atom stereocenters. The van der Waals surface area contributed by atoms with E-state index in [-0.39, 0.29) is 6.61 Å². The second kappa shape index (κ2) is 6.00. The van der Waals surface area contributed by atoms with E-state index in [1.165, 1.54) is 0 Å². The Morgan fingerprint density at radius 1 is 1.24 bits per heavy atom. The topological polar surface area (TPSA) is 78.4 Å². The molecule has 0 saturated heterocycles. The van der Waals surface area contributed by atoms with Crippen molar-refractivity contribution in [2.45, 2.75) is 19.9 Å². The summed E-state index contributed by atoms with van der Waals surface area (Å²) in [6.45, 7) is 3.34.